The highest BCUT2D eigenvalue weighted by Crippen LogP contribution is 2.18. The van der Waals surface area contributed by atoms with Gasteiger partial charge in [0.1, 0.15) is 0 Å². The molecule has 0 saturated carbocycles. The molecule has 0 unspecified atom stereocenters. The van der Waals surface area contributed by atoms with Gasteiger partial charge < -0.3 is 9.47 Å². The lowest BCUT2D eigenvalue weighted by Gasteiger charge is -2.30. The Morgan fingerprint density at radius 1 is 1.29 bits per heavy atom. The predicted molar refractivity (Wildman–Crippen MR) is 82.3 cm³/mol. The normalized spacial score (nSPS) is 16.9. The highest BCUT2D eigenvalue weighted by molar-refractivity contribution is 6.30. The van der Waals surface area contributed by atoms with Crippen LogP contribution in [-0.2, 0) is 20.9 Å². The standard InChI is InChI=1S/C16H22ClNO3/c1-20-16(19)10-18-8-6-14(7-9-18)12-21-11-13-2-4-15(17)5-3-13/h2-5,14H,6-12H2,1H3. The van der Waals surface area contributed by atoms with Crippen LogP contribution in [0.1, 0.15) is 18.4 Å². The summed E-state index contributed by atoms with van der Waals surface area (Å²) in [5.41, 5.74) is 1.14. The van der Waals surface area contributed by atoms with Crippen molar-refractivity contribution in [3.63, 3.8) is 0 Å². The van der Waals surface area contributed by atoms with E-state index in [9.17, 15) is 4.79 Å². The van der Waals surface area contributed by atoms with Crippen molar-refractivity contribution in [1.29, 1.82) is 0 Å². The first kappa shape index (κ1) is 16.3. The molecule has 0 radical (unpaired) electrons. The molecule has 116 valence electrons. The molecule has 4 nitrogen and oxygen atoms in total. The lowest BCUT2D eigenvalue weighted by atomic mass is 9.98. The molecule has 0 aromatic heterocycles. The molecule has 2 rings (SSSR count). The highest BCUT2D eigenvalue weighted by Gasteiger charge is 2.21. The maximum absolute atomic E-state index is 11.2. The number of rotatable bonds is 6. The fourth-order valence-electron chi connectivity index (χ4n) is 2.48. The molecule has 0 aliphatic carbocycles. The highest BCUT2D eigenvalue weighted by atomic mass is 35.5. The van der Waals surface area contributed by atoms with E-state index in [1.807, 2.05) is 24.3 Å². The molecule has 1 aromatic carbocycles. The molecule has 1 aliphatic heterocycles. The number of carbonyl (C=O) groups is 1. The Bertz CT molecular complexity index is 441. The number of hydrogen-bond acceptors (Lipinski definition) is 4. The second-order valence-electron chi connectivity index (χ2n) is 5.44. The fourth-order valence-corrected chi connectivity index (χ4v) is 2.61. The van der Waals surface area contributed by atoms with Crippen molar-refractivity contribution in [2.45, 2.75) is 19.4 Å². The zero-order valence-electron chi connectivity index (χ0n) is 12.4. The van der Waals surface area contributed by atoms with Crippen LogP contribution >= 0.6 is 11.6 Å². The number of carbonyl (C=O) groups excluding carboxylic acids is 1. The maximum Gasteiger partial charge on any atom is 0.319 e. The molecule has 0 atom stereocenters. The Labute approximate surface area is 131 Å². The van der Waals surface area contributed by atoms with Gasteiger partial charge in [0.2, 0.25) is 0 Å². The van der Waals surface area contributed by atoms with Crippen LogP contribution in [0.25, 0.3) is 0 Å². The summed E-state index contributed by atoms with van der Waals surface area (Å²) in [6.07, 6.45) is 2.13. The van der Waals surface area contributed by atoms with Crippen LogP contribution in [0, 0.1) is 5.92 Å². The van der Waals surface area contributed by atoms with Crippen molar-refractivity contribution < 1.29 is 14.3 Å². The van der Waals surface area contributed by atoms with Gasteiger partial charge in [0.05, 0.1) is 20.3 Å². The molecule has 1 fully saturated rings. The van der Waals surface area contributed by atoms with Crippen LogP contribution < -0.4 is 0 Å². The Kier molecular flexibility index (Phi) is 6.49. The van der Waals surface area contributed by atoms with Crippen molar-refractivity contribution in [1.82, 2.24) is 4.90 Å². The van der Waals surface area contributed by atoms with E-state index in [0.717, 1.165) is 43.1 Å². The summed E-state index contributed by atoms with van der Waals surface area (Å²) in [6, 6.07) is 7.74. The topological polar surface area (TPSA) is 38.8 Å². The van der Waals surface area contributed by atoms with Gasteiger partial charge in [-0.25, -0.2) is 0 Å². The number of likely N-dealkylation sites (tertiary alicyclic amines) is 1. The number of benzene rings is 1. The molecular formula is C16H22ClNO3. The minimum Gasteiger partial charge on any atom is -0.468 e. The first-order valence-electron chi connectivity index (χ1n) is 7.28. The summed E-state index contributed by atoms with van der Waals surface area (Å²) in [6.45, 7) is 3.66. The molecule has 1 heterocycles. The third kappa shape index (κ3) is 5.65. The minimum absolute atomic E-state index is 0.160. The van der Waals surface area contributed by atoms with E-state index in [1.54, 1.807) is 0 Å². The summed E-state index contributed by atoms with van der Waals surface area (Å²) in [4.78, 5) is 13.4. The Hall–Kier alpha value is -1.10. The number of piperidine rings is 1. The molecule has 0 N–H and O–H groups in total. The van der Waals surface area contributed by atoms with Crippen molar-refractivity contribution in [2.24, 2.45) is 5.92 Å². The number of ether oxygens (including phenoxy) is 2. The first-order valence-corrected chi connectivity index (χ1v) is 7.66. The maximum atomic E-state index is 11.2. The van der Waals surface area contributed by atoms with E-state index in [0.29, 0.717) is 19.1 Å². The van der Waals surface area contributed by atoms with E-state index in [1.165, 1.54) is 7.11 Å². The summed E-state index contributed by atoms with van der Waals surface area (Å²) in [7, 11) is 1.43. The molecule has 5 heteroatoms. The lowest BCUT2D eigenvalue weighted by Crippen LogP contribution is -2.38. The van der Waals surface area contributed by atoms with Crippen molar-refractivity contribution >= 4 is 17.6 Å². The van der Waals surface area contributed by atoms with E-state index in [4.69, 9.17) is 16.3 Å². The van der Waals surface area contributed by atoms with Crippen LogP contribution in [0.15, 0.2) is 24.3 Å². The number of hydrogen-bond donors (Lipinski definition) is 0. The first-order chi connectivity index (χ1) is 10.2. The van der Waals surface area contributed by atoms with Gasteiger partial charge in [-0.05, 0) is 49.5 Å². The Morgan fingerprint density at radius 2 is 1.95 bits per heavy atom. The van der Waals surface area contributed by atoms with Crippen LogP contribution in [0.5, 0.6) is 0 Å². The average molecular weight is 312 g/mol. The largest absolute Gasteiger partial charge is 0.468 e. The van der Waals surface area contributed by atoms with Gasteiger partial charge in [0.25, 0.3) is 0 Å². The van der Waals surface area contributed by atoms with Gasteiger partial charge in [-0.15, -0.1) is 0 Å². The van der Waals surface area contributed by atoms with E-state index in [-0.39, 0.29) is 5.97 Å². The van der Waals surface area contributed by atoms with Crippen LogP contribution in [0.3, 0.4) is 0 Å². The monoisotopic (exact) mass is 311 g/mol. The van der Waals surface area contributed by atoms with Gasteiger partial charge in [-0.3, -0.25) is 9.69 Å². The van der Waals surface area contributed by atoms with Crippen molar-refractivity contribution in [3.05, 3.63) is 34.9 Å². The van der Waals surface area contributed by atoms with Gasteiger partial charge in [0, 0.05) is 11.6 Å². The van der Waals surface area contributed by atoms with Crippen LogP contribution in [0.4, 0.5) is 0 Å². The molecule has 1 aliphatic rings. The minimum atomic E-state index is -0.160. The third-order valence-corrected chi connectivity index (χ3v) is 4.08. The second-order valence-corrected chi connectivity index (χ2v) is 5.87. The van der Waals surface area contributed by atoms with E-state index >= 15 is 0 Å². The van der Waals surface area contributed by atoms with Crippen molar-refractivity contribution in [2.75, 3.05) is 33.4 Å². The van der Waals surface area contributed by atoms with Gasteiger partial charge in [-0.2, -0.15) is 0 Å². The molecule has 21 heavy (non-hydrogen) atoms. The van der Waals surface area contributed by atoms with Gasteiger partial charge in [-0.1, -0.05) is 23.7 Å². The number of nitrogens with zero attached hydrogens (tertiary/aromatic N) is 1. The van der Waals surface area contributed by atoms with Crippen LogP contribution in [0.2, 0.25) is 5.02 Å². The van der Waals surface area contributed by atoms with E-state index < -0.39 is 0 Å². The molecule has 0 spiro atoms. The SMILES string of the molecule is COC(=O)CN1CCC(COCc2ccc(Cl)cc2)CC1. The number of esters is 1. The smallest absolute Gasteiger partial charge is 0.319 e. The van der Waals surface area contributed by atoms with Crippen molar-refractivity contribution in [3.8, 4) is 0 Å². The lowest BCUT2D eigenvalue weighted by molar-refractivity contribution is -0.142. The second kappa shape index (κ2) is 8.37. The zero-order valence-corrected chi connectivity index (χ0v) is 13.1. The predicted octanol–water partition coefficient (Wildman–Crippen LogP) is 2.74. The Morgan fingerprint density at radius 3 is 2.57 bits per heavy atom. The van der Waals surface area contributed by atoms with Crippen LogP contribution in [-0.4, -0.2) is 44.2 Å². The van der Waals surface area contributed by atoms with Gasteiger partial charge in [0.15, 0.2) is 0 Å². The van der Waals surface area contributed by atoms with E-state index in [2.05, 4.69) is 9.64 Å². The zero-order chi connectivity index (χ0) is 15.1. The third-order valence-electron chi connectivity index (χ3n) is 3.82. The average Bonchev–Trinajstić information content (AvgIpc) is 2.51. The molecule has 1 saturated heterocycles. The summed E-state index contributed by atoms with van der Waals surface area (Å²) >= 11 is 5.85. The quantitative estimate of drug-likeness (QED) is 0.757. The fraction of sp³-hybridized carbons (Fsp3) is 0.562. The molecule has 0 amide bonds. The molecule has 1 aromatic rings. The Balaban J connectivity index is 1.62. The summed E-state index contributed by atoms with van der Waals surface area (Å²) in [5, 5.41) is 0.747. The summed E-state index contributed by atoms with van der Waals surface area (Å²) < 4.78 is 10.5. The molecule has 0 bridgehead atoms. The number of methoxy groups -OCH3 is 1. The molecular weight excluding hydrogens is 290 g/mol. The van der Waals surface area contributed by atoms with Gasteiger partial charge >= 0.3 is 5.97 Å². The summed E-state index contributed by atoms with van der Waals surface area (Å²) in [5.74, 6) is 0.415. The number of halogens is 1.